The Morgan fingerprint density at radius 1 is 1.26 bits per heavy atom. The van der Waals surface area contributed by atoms with E-state index in [1.165, 1.54) is 32.1 Å². The smallest absolute Gasteiger partial charge is 0.175 e. The van der Waals surface area contributed by atoms with Crippen LogP contribution in [0.1, 0.15) is 39.0 Å². The van der Waals surface area contributed by atoms with Crippen LogP contribution in [0.25, 0.3) is 0 Å². The van der Waals surface area contributed by atoms with Gasteiger partial charge in [0.1, 0.15) is 0 Å². The largest absolute Gasteiger partial charge is 0.313 e. The van der Waals surface area contributed by atoms with Crippen molar-refractivity contribution in [3.05, 3.63) is 0 Å². The summed E-state index contributed by atoms with van der Waals surface area (Å²) in [6.07, 6.45) is 9.09. The fourth-order valence-electron chi connectivity index (χ4n) is 2.66. The predicted molar refractivity (Wildman–Crippen MR) is 86.5 cm³/mol. The fraction of sp³-hybridized carbons (Fsp3) is 0.846. The van der Waals surface area contributed by atoms with Gasteiger partial charge in [-0.15, -0.1) is 10.2 Å². The third kappa shape index (κ3) is 4.92. The van der Waals surface area contributed by atoms with E-state index < -0.39 is 0 Å². The van der Waals surface area contributed by atoms with Crippen LogP contribution in [0.2, 0.25) is 0 Å². The lowest BCUT2D eigenvalue weighted by Crippen LogP contribution is -2.39. The average Bonchev–Trinajstić information content (AvgIpc) is 2.92. The first kappa shape index (κ1) is 15.6. The molecule has 0 aliphatic heterocycles. The molecule has 2 rings (SSSR count). The SMILES string of the molecule is CCNC(CSc1nnc(SC)s1)C1CCCCC1. The van der Waals surface area contributed by atoms with Crippen LogP contribution in [-0.4, -0.2) is 34.8 Å². The zero-order valence-corrected chi connectivity index (χ0v) is 14.2. The molecular weight excluding hydrogens is 294 g/mol. The summed E-state index contributed by atoms with van der Waals surface area (Å²) in [6, 6.07) is 0.636. The van der Waals surface area contributed by atoms with Crippen LogP contribution in [0.4, 0.5) is 0 Å². The van der Waals surface area contributed by atoms with E-state index in [0.29, 0.717) is 6.04 Å². The van der Waals surface area contributed by atoms with Crippen molar-refractivity contribution in [2.24, 2.45) is 5.92 Å². The first-order valence-electron chi connectivity index (χ1n) is 7.07. The molecule has 108 valence electrons. The van der Waals surface area contributed by atoms with Crippen LogP contribution in [0.3, 0.4) is 0 Å². The van der Waals surface area contributed by atoms with Gasteiger partial charge in [-0.2, -0.15) is 0 Å². The lowest BCUT2D eigenvalue weighted by Gasteiger charge is -2.30. The van der Waals surface area contributed by atoms with Gasteiger partial charge in [-0.05, 0) is 31.6 Å². The molecule has 1 fully saturated rings. The molecule has 1 aliphatic carbocycles. The Morgan fingerprint density at radius 3 is 2.63 bits per heavy atom. The highest BCUT2D eigenvalue weighted by molar-refractivity contribution is 8.03. The molecule has 1 atom stereocenters. The molecule has 19 heavy (non-hydrogen) atoms. The predicted octanol–water partition coefficient (Wildman–Crippen LogP) is 3.91. The number of thioether (sulfide) groups is 2. The second kappa shape index (κ2) is 8.49. The van der Waals surface area contributed by atoms with E-state index in [1.807, 2.05) is 11.8 Å². The Kier molecular flexibility index (Phi) is 6.98. The molecule has 6 heteroatoms. The van der Waals surface area contributed by atoms with Gasteiger partial charge < -0.3 is 5.32 Å². The summed E-state index contributed by atoms with van der Waals surface area (Å²) in [7, 11) is 0. The second-order valence-electron chi connectivity index (χ2n) is 4.91. The Morgan fingerprint density at radius 2 is 2.00 bits per heavy atom. The van der Waals surface area contributed by atoms with Crippen molar-refractivity contribution in [3.8, 4) is 0 Å². The summed E-state index contributed by atoms with van der Waals surface area (Å²) in [4.78, 5) is 0. The van der Waals surface area contributed by atoms with E-state index in [2.05, 4.69) is 28.7 Å². The summed E-state index contributed by atoms with van der Waals surface area (Å²) in [5.41, 5.74) is 0. The Bertz CT molecular complexity index is 364. The summed E-state index contributed by atoms with van der Waals surface area (Å²) in [5.74, 6) is 1.98. The lowest BCUT2D eigenvalue weighted by molar-refractivity contribution is 0.288. The molecular formula is C13H23N3S3. The summed E-state index contributed by atoms with van der Waals surface area (Å²) < 4.78 is 2.18. The van der Waals surface area contributed by atoms with Gasteiger partial charge >= 0.3 is 0 Å². The van der Waals surface area contributed by atoms with Crippen LogP contribution < -0.4 is 5.32 Å². The number of rotatable bonds is 7. The van der Waals surface area contributed by atoms with E-state index in [1.54, 1.807) is 23.1 Å². The normalized spacial score (nSPS) is 18.6. The first-order valence-corrected chi connectivity index (χ1v) is 10.1. The van der Waals surface area contributed by atoms with Crippen LogP contribution in [0.15, 0.2) is 8.68 Å². The molecule has 1 heterocycles. The van der Waals surface area contributed by atoms with Crippen LogP contribution >= 0.6 is 34.9 Å². The maximum atomic E-state index is 4.25. The Balaban J connectivity index is 1.85. The third-order valence-corrected chi connectivity index (χ3v) is 6.79. The van der Waals surface area contributed by atoms with Crippen molar-refractivity contribution in [1.29, 1.82) is 0 Å². The number of aromatic nitrogens is 2. The van der Waals surface area contributed by atoms with Gasteiger partial charge in [0.2, 0.25) is 0 Å². The van der Waals surface area contributed by atoms with Crippen LogP contribution in [-0.2, 0) is 0 Å². The molecule has 3 nitrogen and oxygen atoms in total. The number of hydrogen-bond acceptors (Lipinski definition) is 6. The van der Waals surface area contributed by atoms with Gasteiger partial charge in [0, 0.05) is 11.8 Å². The molecule has 1 saturated carbocycles. The van der Waals surface area contributed by atoms with Crippen LogP contribution in [0, 0.1) is 5.92 Å². The molecule has 0 radical (unpaired) electrons. The van der Waals surface area contributed by atoms with Crippen LogP contribution in [0.5, 0.6) is 0 Å². The van der Waals surface area contributed by atoms with Gasteiger partial charge in [0.25, 0.3) is 0 Å². The van der Waals surface area contributed by atoms with Crippen molar-refractivity contribution in [3.63, 3.8) is 0 Å². The quantitative estimate of drug-likeness (QED) is 0.772. The molecule has 1 aliphatic rings. The first-order chi connectivity index (χ1) is 9.33. The van der Waals surface area contributed by atoms with Crippen molar-refractivity contribution < 1.29 is 0 Å². The minimum atomic E-state index is 0.636. The zero-order valence-electron chi connectivity index (χ0n) is 11.7. The summed E-state index contributed by atoms with van der Waals surface area (Å²) in [5, 5.41) is 12.1. The number of nitrogens with zero attached hydrogens (tertiary/aromatic N) is 2. The highest BCUT2D eigenvalue weighted by Crippen LogP contribution is 2.32. The minimum absolute atomic E-state index is 0.636. The summed E-state index contributed by atoms with van der Waals surface area (Å²) >= 11 is 5.26. The molecule has 0 spiro atoms. The highest BCUT2D eigenvalue weighted by atomic mass is 32.2. The van der Waals surface area contributed by atoms with E-state index in [4.69, 9.17) is 0 Å². The Hall–Kier alpha value is 0.220. The maximum Gasteiger partial charge on any atom is 0.175 e. The van der Waals surface area contributed by atoms with E-state index in [0.717, 1.165) is 26.9 Å². The van der Waals surface area contributed by atoms with Crippen molar-refractivity contribution in [2.75, 3.05) is 18.6 Å². The van der Waals surface area contributed by atoms with Gasteiger partial charge in [0.05, 0.1) is 0 Å². The summed E-state index contributed by atoms with van der Waals surface area (Å²) in [6.45, 7) is 3.27. The fourth-order valence-corrected chi connectivity index (χ4v) is 5.31. The van der Waals surface area contributed by atoms with Gasteiger partial charge in [-0.3, -0.25) is 0 Å². The molecule has 0 amide bonds. The highest BCUT2D eigenvalue weighted by Gasteiger charge is 2.23. The molecule has 1 N–H and O–H groups in total. The monoisotopic (exact) mass is 317 g/mol. The van der Waals surface area contributed by atoms with Crippen molar-refractivity contribution >= 4 is 34.9 Å². The molecule has 1 aromatic heterocycles. The van der Waals surface area contributed by atoms with E-state index >= 15 is 0 Å². The maximum absolute atomic E-state index is 4.25. The van der Waals surface area contributed by atoms with Gasteiger partial charge in [0.15, 0.2) is 8.68 Å². The topological polar surface area (TPSA) is 37.8 Å². The molecule has 0 saturated heterocycles. The van der Waals surface area contributed by atoms with Gasteiger partial charge in [-0.25, -0.2) is 0 Å². The number of nitrogens with one attached hydrogen (secondary N) is 1. The standard InChI is InChI=1S/C13H23N3S3/c1-3-14-11(10-7-5-4-6-8-10)9-18-13-16-15-12(17-2)19-13/h10-11,14H,3-9H2,1-2H3. The third-order valence-electron chi connectivity index (χ3n) is 3.63. The second-order valence-corrected chi connectivity index (χ2v) is 8.21. The molecule has 1 aromatic rings. The van der Waals surface area contributed by atoms with Gasteiger partial charge in [-0.1, -0.05) is 61.0 Å². The van der Waals surface area contributed by atoms with Crippen molar-refractivity contribution in [1.82, 2.24) is 15.5 Å². The Labute approximate surface area is 128 Å². The molecule has 1 unspecified atom stereocenters. The number of hydrogen-bond donors (Lipinski definition) is 1. The van der Waals surface area contributed by atoms with E-state index in [9.17, 15) is 0 Å². The minimum Gasteiger partial charge on any atom is -0.313 e. The van der Waals surface area contributed by atoms with E-state index in [-0.39, 0.29) is 0 Å². The molecule has 0 bridgehead atoms. The average molecular weight is 318 g/mol. The zero-order chi connectivity index (χ0) is 13.5. The lowest BCUT2D eigenvalue weighted by atomic mass is 9.84. The van der Waals surface area contributed by atoms with Crippen molar-refractivity contribution in [2.45, 2.75) is 53.7 Å². The molecule has 0 aromatic carbocycles.